The molecule has 0 spiro atoms. The summed E-state index contributed by atoms with van der Waals surface area (Å²) in [4.78, 5) is 2.40. The summed E-state index contributed by atoms with van der Waals surface area (Å²) >= 11 is 0. The molecule has 4 rings (SSSR count). The van der Waals surface area contributed by atoms with Gasteiger partial charge in [0, 0.05) is 24.8 Å². The van der Waals surface area contributed by atoms with Crippen molar-refractivity contribution in [2.75, 3.05) is 11.9 Å². The van der Waals surface area contributed by atoms with Crippen molar-refractivity contribution >= 4 is 16.8 Å². The van der Waals surface area contributed by atoms with Gasteiger partial charge in [0.1, 0.15) is 0 Å². The summed E-state index contributed by atoms with van der Waals surface area (Å²) in [6, 6.07) is 17.9. The molecule has 0 radical (unpaired) electrons. The fourth-order valence-electron chi connectivity index (χ4n) is 3.85. The van der Waals surface area contributed by atoms with Gasteiger partial charge in [-0.05, 0) is 54.0 Å². The fraction of sp³-hybridized carbons (Fsp3) is 0.300. The summed E-state index contributed by atoms with van der Waals surface area (Å²) in [6.45, 7) is 0.990. The molecule has 0 saturated heterocycles. The standard InChI is InChI=1S/C20H21N/c1-21-14-15-8-2-3-9-16(15)17-10-4-5-11-18(17)19-12-6-7-13-20(19)21/h2-3,6-9,12-13H,4-5,10-11,14H2,1H3. The van der Waals surface area contributed by atoms with Gasteiger partial charge in [0.05, 0.1) is 0 Å². The zero-order chi connectivity index (χ0) is 14.2. The van der Waals surface area contributed by atoms with Crippen LogP contribution in [0, 0.1) is 0 Å². The molecule has 2 aliphatic rings. The molecule has 1 heteroatoms. The van der Waals surface area contributed by atoms with Crippen molar-refractivity contribution < 1.29 is 0 Å². The maximum absolute atomic E-state index is 2.40. The molecule has 0 amide bonds. The molecule has 1 nitrogen and oxygen atoms in total. The van der Waals surface area contributed by atoms with E-state index in [2.05, 4.69) is 60.5 Å². The SMILES string of the molecule is CN1Cc2ccccc2C2=C(CCCC2)c2ccccc21. The Hall–Kier alpha value is -2.02. The first-order chi connectivity index (χ1) is 10.3. The van der Waals surface area contributed by atoms with Gasteiger partial charge in [-0.3, -0.25) is 0 Å². The molecule has 0 N–H and O–H groups in total. The van der Waals surface area contributed by atoms with Crippen LogP contribution in [-0.2, 0) is 6.54 Å². The Morgan fingerprint density at radius 1 is 0.762 bits per heavy atom. The minimum atomic E-state index is 0.990. The highest BCUT2D eigenvalue weighted by Gasteiger charge is 2.23. The van der Waals surface area contributed by atoms with Crippen LogP contribution in [-0.4, -0.2) is 7.05 Å². The first kappa shape index (κ1) is 12.7. The van der Waals surface area contributed by atoms with Crippen molar-refractivity contribution in [2.45, 2.75) is 32.2 Å². The summed E-state index contributed by atoms with van der Waals surface area (Å²) in [7, 11) is 2.21. The molecule has 21 heavy (non-hydrogen) atoms. The molecular weight excluding hydrogens is 254 g/mol. The summed E-state index contributed by atoms with van der Waals surface area (Å²) in [5.41, 5.74) is 8.94. The Bertz CT molecular complexity index is 711. The largest absolute Gasteiger partial charge is 0.370 e. The number of nitrogens with zero attached hydrogens (tertiary/aromatic N) is 1. The minimum Gasteiger partial charge on any atom is -0.370 e. The molecule has 2 aromatic rings. The van der Waals surface area contributed by atoms with Gasteiger partial charge < -0.3 is 4.90 Å². The van der Waals surface area contributed by atoms with Gasteiger partial charge >= 0.3 is 0 Å². The lowest BCUT2D eigenvalue weighted by Gasteiger charge is -2.31. The predicted octanol–water partition coefficient (Wildman–Crippen LogP) is 5.12. The van der Waals surface area contributed by atoms with E-state index in [-0.39, 0.29) is 0 Å². The van der Waals surface area contributed by atoms with E-state index in [4.69, 9.17) is 0 Å². The van der Waals surface area contributed by atoms with Gasteiger partial charge in [-0.2, -0.15) is 0 Å². The maximum Gasteiger partial charge on any atom is 0.0443 e. The number of allylic oxidation sites excluding steroid dienone is 2. The molecule has 2 aromatic carbocycles. The zero-order valence-corrected chi connectivity index (χ0v) is 12.6. The van der Waals surface area contributed by atoms with E-state index in [1.165, 1.54) is 48.1 Å². The Morgan fingerprint density at radius 3 is 2.19 bits per heavy atom. The van der Waals surface area contributed by atoms with Crippen molar-refractivity contribution in [1.82, 2.24) is 0 Å². The highest BCUT2D eigenvalue weighted by molar-refractivity contribution is 5.96. The molecule has 1 aliphatic heterocycles. The summed E-state index contributed by atoms with van der Waals surface area (Å²) in [5.74, 6) is 0. The number of hydrogen-bond donors (Lipinski definition) is 0. The maximum atomic E-state index is 2.40. The van der Waals surface area contributed by atoms with Crippen molar-refractivity contribution in [3.63, 3.8) is 0 Å². The molecular formula is C20H21N. The fourth-order valence-corrected chi connectivity index (χ4v) is 3.85. The molecule has 1 heterocycles. The molecule has 0 bridgehead atoms. The molecule has 1 aliphatic carbocycles. The quantitative estimate of drug-likeness (QED) is 0.645. The van der Waals surface area contributed by atoms with Crippen LogP contribution in [0.1, 0.15) is 42.4 Å². The van der Waals surface area contributed by atoms with Gasteiger partial charge in [-0.1, -0.05) is 42.5 Å². The van der Waals surface area contributed by atoms with Crippen LogP contribution in [0.3, 0.4) is 0 Å². The Labute approximate surface area is 126 Å². The average molecular weight is 275 g/mol. The van der Waals surface area contributed by atoms with E-state index in [9.17, 15) is 0 Å². The summed E-state index contributed by atoms with van der Waals surface area (Å²) in [6.07, 6.45) is 5.09. The number of fused-ring (bicyclic) bond motifs is 4. The lowest BCUT2D eigenvalue weighted by Crippen LogP contribution is -2.21. The Morgan fingerprint density at radius 2 is 1.38 bits per heavy atom. The average Bonchev–Trinajstić information content (AvgIpc) is 2.54. The van der Waals surface area contributed by atoms with Crippen LogP contribution >= 0.6 is 0 Å². The number of hydrogen-bond acceptors (Lipinski definition) is 1. The molecule has 0 saturated carbocycles. The normalized spacial score (nSPS) is 17.5. The monoisotopic (exact) mass is 275 g/mol. The third kappa shape index (κ3) is 2.08. The van der Waals surface area contributed by atoms with Crippen molar-refractivity contribution in [1.29, 1.82) is 0 Å². The highest BCUT2D eigenvalue weighted by Crippen LogP contribution is 2.43. The predicted molar refractivity (Wildman–Crippen MR) is 90.3 cm³/mol. The highest BCUT2D eigenvalue weighted by atomic mass is 15.1. The summed E-state index contributed by atoms with van der Waals surface area (Å²) < 4.78 is 0. The third-order valence-corrected chi connectivity index (χ3v) is 4.86. The second-order valence-corrected chi connectivity index (χ2v) is 6.19. The van der Waals surface area contributed by atoms with Crippen LogP contribution in [0.4, 0.5) is 5.69 Å². The summed E-state index contributed by atoms with van der Waals surface area (Å²) in [5, 5.41) is 0. The van der Waals surface area contributed by atoms with E-state index in [0.29, 0.717) is 0 Å². The topological polar surface area (TPSA) is 3.24 Å². The first-order valence-corrected chi connectivity index (χ1v) is 7.95. The molecule has 0 fully saturated rings. The van der Waals surface area contributed by atoms with Gasteiger partial charge in [-0.15, -0.1) is 0 Å². The molecule has 0 aromatic heterocycles. The Balaban J connectivity index is 2.03. The van der Waals surface area contributed by atoms with Crippen molar-refractivity contribution in [3.05, 3.63) is 65.2 Å². The van der Waals surface area contributed by atoms with Crippen molar-refractivity contribution in [2.24, 2.45) is 0 Å². The van der Waals surface area contributed by atoms with E-state index < -0.39 is 0 Å². The van der Waals surface area contributed by atoms with E-state index in [1.54, 1.807) is 11.1 Å². The van der Waals surface area contributed by atoms with E-state index in [1.807, 2.05) is 0 Å². The number of anilines is 1. The van der Waals surface area contributed by atoms with Crippen LogP contribution in [0.5, 0.6) is 0 Å². The lowest BCUT2D eigenvalue weighted by molar-refractivity contribution is 0.749. The minimum absolute atomic E-state index is 0.990. The number of rotatable bonds is 0. The lowest BCUT2D eigenvalue weighted by atomic mass is 9.81. The third-order valence-electron chi connectivity index (χ3n) is 4.86. The van der Waals surface area contributed by atoms with Gasteiger partial charge in [0.2, 0.25) is 0 Å². The molecule has 106 valence electrons. The number of benzene rings is 2. The molecule has 0 atom stereocenters. The van der Waals surface area contributed by atoms with Gasteiger partial charge in [0.15, 0.2) is 0 Å². The van der Waals surface area contributed by atoms with Crippen molar-refractivity contribution in [3.8, 4) is 0 Å². The van der Waals surface area contributed by atoms with E-state index in [0.717, 1.165) is 6.54 Å². The number of para-hydroxylation sites is 1. The second kappa shape index (κ2) is 5.07. The van der Waals surface area contributed by atoms with Crippen LogP contribution in [0.25, 0.3) is 11.1 Å². The van der Waals surface area contributed by atoms with Gasteiger partial charge in [-0.25, -0.2) is 0 Å². The van der Waals surface area contributed by atoms with Gasteiger partial charge in [0.25, 0.3) is 0 Å². The Kier molecular flexibility index (Phi) is 3.07. The first-order valence-electron chi connectivity index (χ1n) is 7.95. The van der Waals surface area contributed by atoms with E-state index >= 15 is 0 Å². The second-order valence-electron chi connectivity index (χ2n) is 6.19. The van der Waals surface area contributed by atoms with Crippen LogP contribution < -0.4 is 4.90 Å². The van der Waals surface area contributed by atoms with Crippen LogP contribution in [0.15, 0.2) is 48.5 Å². The molecule has 0 unspecified atom stereocenters. The smallest absolute Gasteiger partial charge is 0.0443 e. The zero-order valence-electron chi connectivity index (χ0n) is 12.6. The van der Waals surface area contributed by atoms with Crippen LogP contribution in [0.2, 0.25) is 0 Å².